The molecule has 1 N–H and O–H groups in total. The molecule has 0 fully saturated rings. The van der Waals surface area contributed by atoms with Gasteiger partial charge in [0, 0.05) is 18.8 Å². The van der Waals surface area contributed by atoms with Crippen LogP contribution in [0.3, 0.4) is 0 Å². The smallest absolute Gasteiger partial charge is 0.0552 e. The van der Waals surface area contributed by atoms with Gasteiger partial charge in [0.05, 0.1) is 6.10 Å². The molecule has 0 aliphatic carbocycles. The third kappa shape index (κ3) is 1.66. The molecule has 1 atom stereocenters. The summed E-state index contributed by atoms with van der Waals surface area (Å²) < 4.78 is 2.10. The Hall–Kier alpha value is -1.28. The molecule has 74 valence electrons. The Morgan fingerprint density at radius 3 is 2.86 bits per heavy atom. The maximum atomic E-state index is 9.28. The average molecular weight is 189 g/mol. The van der Waals surface area contributed by atoms with Crippen molar-refractivity contribution in [3.8, 4) is 0 Å². The molecule has 2 aromatic rings. The molecule has 0 saturated carbocycles. The molecule has 0 spiro atoms. The van der Waals surface area contributed by atoms with Crippen LogP contribution in [0, 0.1) is 0 Å². The van der Waals surface area contributed by atoms with Gasteiger partial charge in [-0.1, -0.05) is 6.07 Å². The van der Waals surface area contributed by atoms with Gasteiger partial charge in [-0.15, -0.1) is 0 Å². The maximum Gasteiger partial charge on any atom is 0.0552 e. The van der Waals surface area contributed by atoms with E-state index in [9.17, 15) is 5.11 Å². The van der Waals surface area contributed by atoms with E-state index in [0.29, 0.717) is 0 Å². The van der Waals surface area contributed by atoms with Crippen molar-refractivity contribution in [2.75, 3.05) is 0 Å². The topological polar surface area (TPSA) is 25.2 Å². The number of nitrogens with zero attached hydrogens (tertiary/aromatic N) is 1. The minimum Gasteiger partial charge on any atom is -0.393 e. The van der Waals surface area contributed by atoms with Crippen LogP contribution < -0.4 is 0 Å². The van der Waals surface area contributed by atoms with Crippen LogP contribution in [0.4, 0.5) is 0 Å². The lowest BCUT2D eigenvalue weighted by atomic mass is 10.1. The Balaban J connectivity index is 2.42. The molecule has 1 heterocycles. The summed E-state index contributed by atoms with van der Waals surface area (Å²) in [6.45, 7) is 1.81. The minimum absolute atomic E-state index is 0.267. The molecule has 0 radical (unpaired) electrons. The summed E-state index contributed by atoms with van der Waals surface area (Å²) >= 11 is 0. The van der Waals surface area contributed by atoms with Crippen LogP contribution in [0.15, 0.2) is 30.5 Å². The Labute approximate surface area is 83.8 Å². The van der Waals surface area contributed by atoms with Crippen LogP contribution in [-0.4, -0.2) is 15.8 Å². The number of aliphatic hydroxyl groups is 1. The van der Waals surface area contributed by atoms with Crippen molar-refractivity contribution in [2.45, 2.75) is 19.4 Å². The molecule has 0 bridgehead atoms. The zero-order valence-electron chi connectivity index (χ0n) is 8.57. The Kier molecular flexibility index (Phi) is 2.30. The van der Waals surface area contributed by atoms with Gasteiger partial charge in [0.2, 0.25) is 0 Å². The second-order valence-corrected chi connectivity index (χ2v) is 3.87. The van der Waals surface area contributed by atoms with E-state index in [0.717, 1.165) is 6.42 Å². The molecule has 0 aliphatic rings. The number of benzene rings is 1. The summed E-state index contributed by atoms with van der Waals surface area (Å²) in [4.78, 5) is 0. The van der Waals surface area contributed by atoms with Gasteiger partial charge in [-0.3, -0.25) is 0 Å². The molecule has 2 nitrogen and oxygen atoms in total. The van der Waals surface area contributed by atoms with Crippen molar-refractivity contribution in [2.24, 2.45) is 7.05 Å². The molecule has 2 rings (SSSR count). The van der Waals surface area contributed by atoms with E-state index in [1.807, 2.05) is 14.0 Å². The number of hydrogen-bond donors (Lipinski definition) is 1. The molecular formula is C12H15NO. The number of rotatable bonds is 2. The summed E-state index contributed by atoms with van der Waals surface area (Å²) in [5, 5.41) is 10.5. The quantitative estimate of drug-likeness (QED) is 0.769. The van der Waals surface area contributed by atoms with E-state index in [2.05, 4.69) is 35.0 Å². The molecule has 0 saturated heterocycles. The van der Waals surface area contributed by atoms with Gasteiger partial charge >= 0.3 is 0 Å². The van der Waals surface area contributed by atoms with Gasteiger partial charge in [0.1, 0.15) is 0 Å². The fourth-order valence-electron chi connectivity index (χ4n) is 1.80. The van der Waals surface area contributed by atoms with Gasteiger partial charge in [-0.2, -0.15) is 0 Å². The van der Waals surface area contributed by atoms with E-state index >= 15 is 0 Å². The lowest BCUT2D eigenvalue weighted by Gasteiger charge is -2.04. The van der Waals surface area contributed by atoms with Crippen molar-refractivity contribution in [1.82, 2.24) is 4.57 Å². The van der Waals surface area contributed by atoms with E-state index < -0.39 is 0 Å². The number of fused-ring (bicyclic) bond motifs is 1. The summed E-state index contributed by atoms with van der Waals surface area (Å²) in [5.74, 6) is 0. The highest BCUT2D eigenvalue weighted by Gasteiger charge is 2.02. The molecule has 14 heavy (non-hydrogen) atoms. The molecule has 0 unspecified atom stereocenters. The first kappa shape index (κ1) is 9.28. The summed E-state index contributed by atoms with van der Waals surface area (Å²) in [6.07, 6.45) is 2.51. The standard InChI is InChI=1S/C12H15NO/c1-9(14)7-10-3-4-12-11(8-10)5-6-13(12)2/h3-6,8-9,14H,7H2,1-2H3/t9-/m0/s1. The number of hydrogen-bond acceptors (Lipinski definition) is 1. The van der Waals surface area contributed by atoms with E-state index in [-0.39, 0.29) is 6.10 Å². The molecule has 0 aliphatic heterocycles. The number of aromatic nitrogens is 1. The van der Waals surface area contributed by atoms with Crippen molar-refractivity contribution >= 4 is 10.9 Å². The van der Waals surface area contributed by atoms with E-state index in [4.69, 9.17) is 0 Å². The van der Waals surface area contributed by atoms with E-state index in [1.54, 1.807) is 0 Å². The van der Waals surface area contributed by atoms with Crippen molar-refractivity contribution in [1.29, 1.82) is 0 Å². The van der Waals surface area contributed by atoms with Gasteiger partial charge in [0.25, 0.3) is 0 Å². The minimum atomic E-state index is -0.267. The summed E-state index contributed by atoms with van der Waals surface area (Å²) in [5.41, 5.74) is 2.43. The second kappa shape index (κ2) is 3.46. The second-order valence-electron chi connectivity index (χ2n) is 3.87. The first-order valence-corrected chi connectivity index (χ1v) is 4.89. The number of aryl methyl sites for hydroxylation is 1. The van der Waals surface area contributed by atoms with Crippen LogP contribution in [0.2, 0.25) is 0 Å². The highest BCUT2D eigenvalue weighted by Crippen LogP contribution is 2.17. The summed E-state index contributed by atoms with van der Waals surface area (Å²) in [7, 11) is 2.04. The Morgan fingerprint density at radius 1 is 1.36 bits per heavy atom. The molecular weight excluding hydrogens is 174 g/mol. The molecule has 0 amide bonds. The van der Waals surface area contributed by atoms with Gasteiger partial charge in [-0.05, 0) is 42.5 Å². The highest BCUT2D eigenvalue weighted by molar-refractivity contribution is 5.80. The van der Waals surface area contributed by atoms with Gasteiger partial charge in [0.15, 0.2) is 0 Å². The Morgan fingerprint density at radius 2 is 2.14 bits per heavy atom. The third-order valence-corrected chi connectivity index (χ3v) is 2.48. The van der Waals surface area contributed by atoms with Crippen LogP contribution in [0.25, 0.3) is 10.9 Å². The third-order valence-electron chi connectivity index (χ3n) is 2.48. The lowest BCUT2D eigenvalue weighted by molar-refractivity contribution is 0.195. The zero-order valence-corrected chi connectivity index (χ0v) is 8.57. The van der Waals surface area contributed by atoms with Crippen LogP contribution in [-0.2, 0) is 13.5 Å². The van der Waals surface area contributed by atoms with Crippen molar-refractivity contribution in [3.05, 3.63) is 36.0 Å². The molecule has 1 aromatic heterocycles. The van der Waals surface area contributed by atoms with Crippen molar-refractivity contribution < 1.29 is 5.11 Å². The lowest BCUT2D eigenvalue weighted by Crippen LogP contribution is -2.03. The monoisotopic (exact) mass is 189 g/mol. The van der Waals surface area contributed by atoms with Gasteiger partial charge in [-0.25, -0.2) is 0 Å². The summed E-state index contributed by atoms with van der Waals surface area (Å²) in [6, 6.07) is 8.42. The van der Waals surface area contributed by atoms with Gasteiger partial charge < -0.3 is 9.67 Å². The molecule has 1 aromatic carbocycles. The highest BCUT2D eigenvalue weighted by atomic mass is 16.3. The first-order valence-electron chi connectivity index (χ1n) is 4.89. The fraction of sp³-hybridized carbons (Fsp3) is 0.333. The van der Waals surface area contributed by atoms with Crippen LogP contribution in [0.5, 0.6) is 0 Å². The first-order chi connectivity index (χ1) is 6.66. The Bertz CT molecular complexity index is 443. The normalized spacial score (nSPS) is 13.4. The molecule has 2 heteroatoms. The maximum absolute atomic E-state index is 9.28. The van der Waals surface area contributed by atoms with E-state index in [1.165, 1.54) is 16.5 Å². The fourth-order valence-corrected chi connectivity index (χ4v) is 1.80. The average Bonchev–Trinajstić information content (AvgIpc) is 2.46. The zero-order chi connectivity index (χ0) is 10.1. The van der Waals surface area contributed by atoms with Crippen LogP contribution >= 0.6 is 0 Å². The predicted octanol–water partition coefficient (Wildman–Crippen LogP) is 2.10. The number of aliphatic hydroxyl groups excluding tert-OH is 1. The predicted molar refractivity (Wildman–Crippen MR) is 58.3 cm³/mol. The van der Waals surface area contributed by atoms with Crippen LogP contribution in [0.1, 0.15) is 12.5 Å². The largest absolute Gasteiger partial charge is 0.393 e. The SMILES string of the molecule is C[C@H](O)Cc1ccc2c(ccn2C)c1. The van der Waals surface area contributed by atoms with Crippen molar-refractivity contribution in [3.63, 3.8) is 0 Å².